The Labute approximate surface area is 184 Å². The van der Waals surface area contributed by atoms with Crippen LogP contribution < -0.4 is 25.2 Å². The molecular weight excluding hydrogens is 410 g/mol. The summed E-state index contributed by atoms with van der Waals surface area (Å²) in [5, 5.41) is 3.50. The first-order valence-electron chi connectivity index (χ1n) is 9.85. The lowest BCUT2D eigenvalue weighted by Gasteiger charge is -2.10. The highest BCUT2D eigenvalue weighted by Gasteiger charge is 2.11. The number of ether oxygens (including phenoxy) is 3. The van der Waals surface area contributed by atoms with E-state index < -0.39 is 5.63 Å². The van der Waals surface area contributed by atoms with E-state index in [4.69, 9.17) is 18.6 Å². The highest BCUT2D eigenvalue weighted by atomic mass is 16.5. The van der Waals surface area contributed by atoms with Crippen LogP contribution in [0.15, 0.2) is 82.0 Å². The third-order valence-corrected chi connectivity index (χ3v) is 4.84. The van der Waals surface area contributed by atoms with Crippen molar-refractivity contribution < 1.29 is 23.4 Å². The van der Waals surface area contributed by atoms with Gasteiger partial charge in [0.1, 0.15) is 22.8 Å². The van der Waals surface area contributed by atoms with Crippen molar-refractivity contribution in [3.8, 4) is 28.4 Å². The number of anilines is 1. The zero-order chi connectivity index (χ0) is 22.5. The van der Waals surface area contributed by atoms with Gasteiger partial charge in [-0.25, -0.2) is 4.79 Å². The lowest BCUT2D eigenvalue weighted by molar-refractivity contribution is -0.118. The second-order valence-corrected chi connectivity index (χ2v) is 6.93. The van der Waals surface area contributed by atoms with Crippen LogP contribution >= 0.6 is 0 Å². The summed E-state index contributed by atoms with van der Waals surface area (Å²) in [6.45, 7) is -0.203. The van der Waals surface area contributed by atoms with Crippen molar-refractivity contribution >= 4 is 22.6 Å². The van der Waals surface area contributed by atoms with Crippen molar-refractivity contribution in [3.63, 3.8) is 0 Å². The lowest BCUT2D eigenvalue weighted by Crippen LogP contribution is -2.20. The molecule has 1 heterocycles. The van der Waals surface area contributed by atoms with Gasteiger partial charge >= 0.3 is 5.63 Å². The van der Waals surface area contributed by atoms with E-state index in [1.807, 2.05) is 24.3 Å². The number of hydrogen-bond donors (Lipinski definition) is 1. The van der Waals surface area contributed by atoms with Gasteiger partial charge in [0.05, 0.1) is 14.2 Å². The average Bonchev–Trinajstić information content (AvgIpc) is 2.82. The molecule has 4 rings (SSSR count). The molecular formula is C25H21NO6. The summed E-state index contributed by atoms with van der Waals surface area (Å²) >= 11 is 0. The molecule has 1 amide bonds. The predicted octanol–water partition coefficient (Wildman–Crippen LogP) is 4.49. The second-order valence-electron chi connectivity index (χ2n) is 6.93. The maximum atomic E-state index is 12.2. The van der Waals surface area contributed by atoms with E-state index >= 15 is 0 Å². The Bertz CT molecular complexity index is 1310. The van der Waals surface area contributed by atoms with Crippen molar-refractivity contribution in [2.45, 2.75) is 0 Å². The van der Waals surface area contributed by atoms with E-state index in [9.17, 15) is 9.59 Å². The van der Waals surface area contributed by atoms with Crippen LogP contribution in [0.25, 0.3) is 22.1 Å². The Morgan fingerprint density at radius 1 is 0.875 bits per heavy atom. The number of methoxy groups -OCH3 is 2. The monoisotopic (exact) mass is 431 g/mol. The number of nitrogens with one attached hydrogen (secondary N) is 1. The predicted molar refractivity (Wildman–Crippen MR) is 122 cm³/mol. The molecule has 0 aliphatic rings. The Kier molecular flexibility index (Phi) is 6.07. The summed E-state index contributed by atoms with van der Waals surface area (Å²) in [7, 11) is 3.15. The van der Waals surface area contributed by atoms with Crippen LogP contribution in [0.1, 0.15) is 0 Å². The fourth-order valence-electron chi connectivity index (χ4n) is 3.29. The molecule has 1 aromatic heterocycles. The number of hydrogen-bond acceptors (Lipinski definition) is 6. The van der Waals surface area contributed by atoms with Gasteiger partial charge < -0.3 is 23.9 Å². The number of carbonyl (C=O) groups excluding carboxylic acids is 1. The fourth-order valence-corrected chi connectivity index (χ4v) is 3.29. The standard InChI is InChI=1S/C25H21NO6/c1-29-18-8-6-16(7-9-18)22-14-25(28)32-23-13-20(10-11-21(22)23)31-15-24(27)26-17-4-3-5-19(12-17)30-2/h3-14H,15H2,1-2H3,(H,26,27). The van der Waals surface area contributed by atoms with E-state index in [-0.39, 0.29) is 12.5 Å². The van der Waals surface area contributed by atoms with Gasteiger partial charge in [0.15, 0.2) is 6.61 Å². The Hall–Kier alpha value is -4.26. The largest absolute Gasteiger partial charge is 0.497 e. The van der Waals surface area contributed by atoms with Crippen LogP contribution in [-0.4, -0.2) is 26.7 Å². The topological polar surface area (TPSA) is 87.0 Å². The normalized spacial score (nSPS) is 10.6. The lowest BCUT2D eigenvalue weighted by atomic mass is 10.0. The molecule has 3 aromatic carbocycles. The first kappa shape index (κ1) is 21.0. The van der Waals surface area contributed by atoms with Crippen molar-refractivity contribution in [1.82, 2.24) is 0 Å². The molecule has 1 N–H and O–H groups in total. The first-order chi connectivity index (χ1) is 15.6. The van der Waals surface area contributed by atoms with Crippen LogP contribution in [0.4, 0.5) is 5.69 Å². The number of fused-ring (bicyclic) bond motifs is 1. The molecule has 0 saturated carbocycles. The van der Waals surface area contributed by atoms with Crippen molar-refractivity contribution in [2.75, 3.05) is 26.1 Å². The average molecular weight is 431 g/mol. The maximum absolute atomic E-state index is 12.2. The second kappa shape index (κ2) is 9.26. The SMILES string of the molecule is COc1ccc(-c2cc(=O)oc3cc(OCC(=O)Nc4cccc(OC)c4)ccc23)cc1. The summed E-state index contributed by atoms with van der Waals surface area (Å²) in [6.07, 6.45) is 0. The molecule has 0 aliphatic carbocycles. The zero-order valence-electron chi connectivity index (χ0n) is 17.6. The minimum Gasteiger partial charge on any atom is -0.497 e. The van der Waals surface area contributed by atoms with Gasteiger partial charge in [-0.1, -0.05) is 18.2 Å². The smallest absolute Gasteiger partial charge is 0.336 e. The van der Waals surface area contributed by atoms with Gasteiger partial charge in [-0.05, 0) is 47.5 Å². The molecule has 4 aromatic rings. The number of amides is 1. The van der Waals surface area contributed by atoms with Crippen LogP contribution in [-0.2, 0) is 4.79 Å². The Morgan fingerprint density at radius 3 is 2.38 bits per heavy atom. The molecule has 0 bridgehead atoms. The third-order valence-electron chi connectivity index (χ3n) is 4.84. The highest BCUT2D eigenvalue weighted by Crippen LogP contribution is 2.30. The molecule has 0 fully saturated rings. The van der Waals surface area contributed by atoms with Gasteiger partial charge in [-0.3, -0.25) is 4.79 Å². The highest BCUT2D eigenvalue weighted by molar-refractivity contribution is 5.94. The third kappa shape index (κ3) is 4.73. The molecule has 0 spiro atoms. The Balaban J connectivity index is 1.52. The van der Waals surface area contributed by atoms with Crippen molar-refractivity contribution in [2.24, 2.45) is 0 Å². The molecule has 7 heteroatoms. The molecule has 0 radical (unpaired) electrons. The van der Waals surface area contributed by atoms with Gasteiger partial charge in [-0.2, -0.15) is 0 Å². The van der Waals surface area contributed by atoms with E-state index in [2.05, 4.69) is 5.32 Å². The van der Waals surface area contributed by atoms with Gasteiger partial charge in [0.2, 0.25) is 0 Å². The summed E-state index contributed by atoms with van der Waals surface area (Å²) < 4.78 is 21.3. The van der Waals surface area contributed by atoms with Crippen molar-refractivity contribution in [1.29, 1.82) is 0 Å². The summed E-state index contributed by atoms with van der Waals surface area (Å²) in [5.74, 6) is 1.45. The molecule has 0 saturated heterocycles. The van der Waals surface area contributed by atoms with E-state index in [1.54, 1.807) is 56.7 Å². The number of benzene rings is 3. The summed E-state index contributed by atoms with van der Waals surface area (Å²) in [5.41, 5.74) is 2.09. The van der Waals surface area contributed by atoms with Crippen LogP contribution in [0.3, 0.4) is 0 Å². The van der Waals surface area contributed by atoms with E-state index in [0.29, 0.717) is 22.8 Å². The van der Waals surface area contributed by atoms with Gasteiger partial charge in [0.25, 0.3) is 5.91 Å². The first-order valence-corrected chi connectivity index (χ1v) is 9.85. The summed E-state index contributed by atoms with van der Waals surface area (Å²) in [4.78, 5) is 24.4. The zero-order valence-corrected chi connectivity index (χ0v) is 17.6. The van der Waals surface area contributed by atoms with Gasteiger partial charge in [0, 0.05) is 29.3 Å². The van der Waals surface area contributed by atoms with E-state index in [1.165, 1.54) is 6.07 Å². The maximum Gasteiger partial charge on any atom is 0.336 e. The summed E-state index contributed by atoms with van der Waals surface area (Å²) in [6, 6.07) is 21.0. The van der Waals surface area contributed by atoms with Crippen molar-refractivity contribution in [3.05, 3.63) is 83.2 Å². The molecule has 0 atom stereocenters. The number of carbonyl (C=O) groups is 1. The molecule has 32 heavy (non-hydrogen) atoms. The van der Waals surface area contributed by atoms with Gasteiger partial charge in [-0.15, -0.1) is 0 Å². The van der Waals surface area contributed by atoms with Crippen LogP contribution in [0.5, 0.6) is 17.2 Å². The van der Waals surface area contributed by atoms with Crippen LogP contribution in [0.2, 0.25) is 0 Å². The molecule has 0 unspecified atom stereocenters. The van der Waals surface area contributed by atoms with E-state index in [0.717, 1.165) is 22.3 Å². The molecule has 162 valence electrons. The number of rotatable bonds is 7. The Morgan fingerprint density at radius 2 is 1.62 bits per heavy atom. The molecule has 7 nitrogen and oxygen atoms in total. The minimum atomic E-state index is -0.476. The van der Waals surface area contributed by atoms with Crippen LogP contribution in [0, 0.1) is 0 Å². The minimum absolute atomic E-state index is 0.203. The fraction of sp³-hybridized carbons (Fsp3) is 0.120. The molecule has 0 aliphatic heterocycles. The quantitative estimate of drug-likeness (QED) is 0.434.